The van der Waals surface area contributed by atoms with Crippen LogP contribution >= 0.6 is 15.9 Å². The van der Waals surface area contributed by atoms with Crippen LogP contribution in [0.2, 0.25) is 0 Å². The van der Waals surface area contributed by atoms with Crippen molar-refractivity contribution in [1.82, 2.24) is 16.0 Å². The lowest BCUT2D eigenvalue weighted by Crippen LogP contribution is -2.42. The fourth-order valence-electron chi connectivity index (χ4n) is 4.26. The van der Waals surface area contributed by atoms with E-state index in [1.807, 2.05) is 0 Å². The molecule has 0 rings (SSSR count). The van der Waals surface area contributed by atoms with Gasteiger partial charge in [-0.25, -0.2) is 4.79 Å². The maximum atomic E-state index is 12.0. The summed E-state index contributed by atoms with van der Waals surface area (Å²) in [4.78, 5) is 92.3. The SMILES string of the molecule is O=C(O)CCCC(=O)CC(CCC(=O)NCCOCCOCC(=O)CCCOCCOCC(=O)NC(CCCCNC(=O)CBr)C(=O)O)C(=O)O. The van der Waals surface area contributed by atoms with Gasteiger partial charge in [0.1, 0.15) is 25.0 Å². The summed E-state index contributed by atoms with van der Waals surface area (Å²) in [5, 5.41) is 35.1. The zero-order chi connectivity index (χ0) is 38.3. The number of unbranched alkanes of at least 4 members (excludes halogenated alkanes) is 1. The average molecular weight is 799 g/mol. The van der Waals surface area contributed by atoms with Gasteiger partial charge in [-0.3, -0.25) is 33.6 Å². The topological polar surface area (TPSA) is 270 Å². The fraction of sp³-hybridized carbons (Fsp3) is 0.750. The lowest BCUT2D eigenvalue weighted by molar-refractivity contribution is -0.144. The van der Waals surface area contributed by atoms with E-state index in [0.717, 1.165) is 0 Å². The van der Waals surface area contributed by atoms with Gasteiger partial charge in [0.15, 0.2) is 5.78 Å². The summed E-state index contributed by atoms with van der Waals surface area (Å²) < 4.78 is 21.2. The summed E-state index contributed by atoms with van der Waals surface area (Å²) in [6.07, 6.45) is 1.52. The highest BCUT2D eigenvalue weighted by molar-refractivity contribution is 9.09. The van der Waals surface area contributed by atoms with Crippen LogP contribution in [0.15, 0.2) is 0 Å². The molecule has 51 heavy (non-hydrogen) atoms. The molecule has 0 spiro atoms. The molecule has 3 amide bonds. The number of carbonyl (C=O) groups excluding carboxylic acids is 5. The van der Waals surface area contributed by atoms with Gasteiger partial charge < -0.3 is 50.2 Å². The second-order valence-electron chi connectivity index (χ2n) is 11.3. The van der Waals surface area contributed by atoms with E-state index in [2.05, 4.69) is 31.9 Å². The first-order valence-corrected chi connectivity index (χ1v) is 17.9. The van der Waals surface area contributed by atoms with Gasteiger partial charge in [-0.15, -0.1) is 0 Å². The maximum absolute atomic E-state index is 12.0. The molecule has 0 aromatic rings. The Balaban J connectivity index is 3.77. The Morgan fingerprint density at radius 2 is 1.18 bits per heavy atom. The normalized spacial score (nSPS) is 12.0. The van der Waals surface area contributed by atoms with Crippen LogP contribution in [-0.2, 0) is 57.3 Å². The number of carboxylic acids is 3. The quantitative estimate of drug-likeness (QED) is 0.0376. The Morgan fingerprint density at radius 3 is 1.82 bits per heavy atom. The molecule has 0 aliphatic rings. The molecule has 0 aromatic carbocycles. The molecule has 19 heteroatoms. The summed E-state index contributed by atoms with van der Waals surface area (Å²) >= 11 is 3.03. The number of hydrogen-bond donors (Lipinski definition) is 6. The number of aliphatic carboxylic acids is 3. The minimum atomic E-state index is -1.19. The molecule has 0 aromatic heterocycles. The third-order valence-electron chi connectivity index (χ3n) is 6.94. The van der Waals surface area contributed by atoms with Crippen molar-refractivity contribution in [3.63, 3.8) is 0 Å². The Morgan fingerprint density at radius 1 is 0.549 bits per heavy atom. The average Bonchev–Trinajstić information content (AvgIpc) is 3.07. The van der Waals surface area contributed by atoms with Crippen LogP contribution in [0.25, 0.3) is 0 Å². The van der Waals surface area contributed by atoms with E-state index in [4.69, 9.17) is 24.1 Å². The number of nitrogens with one attached hydrogen (secondary N) is 3. The molecular formula is C32H52BrN3O15. The number of Topliss-reactive ketones (excluding diaryl/α,β-unsaturated/α-hetero) is 2. The zero-order valence-corrected chi connectivity index (χ0v) is 30.4. The highest BCUT2D eigenvalue weighted by Crippen LogP contribution is 2.15. The van der Waals surface area contributed by atoms with Crippen molar-refractivity contribution < 1.29 is 72.6 Å². The van der Waals surface area contributed by atoms with Gasteiger partial charge in [0.05, 0.1) is 44.3 Å². The van der Waals surface area contributed by atoms with Crippen LogP contribution < -0.4 is 16.0 Å². The monoisotopic (exact) mass is 797 g/mol. The number of carboxylic acid groups (broad SMARTS) is 3. The molecular weight excluding hydrogens is 746 g/mol. The number of carbonyl (C=O) groups is 8. The molecule has 0 saturated heterocycles. The number of ether oxygens (including phenoxy) is 4. The maximum Gasteiger partial charge on any atom is 0.326 e. The molecule has 2 unspecified atom stereocenters. The van der Waals surface area contributed by atoms with Crippen molar-refractivity contribution in [2.24, 2.45) is 5.92 Å². The minimum absolute atomic E-state index is 0.0260. The molecule has 0 fully saturated rings. The van der Waals surface area contributed by atoms with Crippen LogP contribution in [-0.4, -0.2) is 140 Å². The molecule has 0 aliphatic carbocycles. The van der Waals surface area contributed by atoms with Crippen molar-refractivity contribution in [3.05, 3.63) is 0 Å². The van der Waals surface area contributed by atoms with Gasteiger partial charge in [0.2, 0.25) is 17.7 Å². The van der Waals surface area contributed by atoms with Crippen molar-refractivity contribution in [1.29, 1.82) is 0 Å². The van der Waals surface area contributed by atoms with Gasteiger partial charge >= 0.3 is 17.9 Å². The van der Waals surface area contributed by atoms with Crippen LogP contribution in [0.5, 0.6) is 0 Å². The third kappa shape index (κ3) is 29.9. The first-order chi connectivity index (χ1) is 24.3. The van der Waals surface area contributed by atoms with Gasteiger partial charge in [-0.05, 0) is 38.5 Å². The lowest BCUT2D eigenvalue weighted by Gasteiger charge is -2.14. The molecule has 0 aliphatic heterocycles. The molecule has 6 N–H and O–H groups in total. The Kier molecular flexibility index (Phi) is 29.1. The van der Waals surface area contributed by atoms with Crippen LogP contribution in [0.4, 0.5) is 0 Å². The predicted octanol–water partition coefficient (Wildman–Crippen LogP) is 0.464. The molecule has 0 radical (unpaired) electrons. The molecule has 2 atom stereocenters. The summed E-state index contributed by atoms with van der Waals surface area (Å²) in [5.74, 6) is -6.02. The van der Waals surface area contributed by atoms with E-state index in [9.17, 15) is 48.6 Å². The zero-order valence-electron chi connectivity index (χ0n) is 28.8. The molecule has 0 saturated carbocycles. The van der Waals surface area contributed by atoms with Gasteiger partial charge in [-0.1, -0.05) is 15.9 Å². The largest absolute Gasteiger partial charge is 0.481 e. The number of rotatable bonds is 35. The van der Waals surface area contributed by atoms with Crippen molar-refractivity contribution in [3.8, 4) is 0 Å². The molecule has 0 bridgehead atoms. The first kappa shape index (κ1) is 47.5. The molecule has 0 heterocycles. The van der Waals surface area contributed by atoms with Gasteiger partial charge in [0.25, 0.3) is 0 Å². The Bertz CT molecular complexity index is 1090. The number of amides is 3. The van der Waals surface area contributed by atoms with E-state index in [0.29, 0.717) is 25.8 Å². The van der Waals surface area contributed by atoms with E-state index in [1.54, 1.807) is 0 Å². The standard InChI is InChI=1S/C32H52BrN3O15/c33-20-28(40)34-11-2-1-7-26(32(46)47)36-29(41)22-51-18-15-48-13-4-6-25(38)21-50-17-16-49-14-12-35-27(39)10-9-23(31(44)45)19-24(37)5-3-8-30(42)43/h23,26H,1-22H2,(H,34,40)(H,35,39)(H,36,41)(H,42,43)(H,44,45)(H,46,47). The third-order valence-corrected chi connectivity index (χ3v) is 7.45. The number of halogens is 1. The predicted molar refractivity (Wildman–Crippen MR) is 182 cm³/mol. The summed E-state index contributed by atoms with van der Waals surface area (Å²) in [6, 6.07) is -1.06. The van der Waals surface area contributed by atoms with Gasteiger partial charge in [0, 0.05) is 51.8 Å². The van der Waals surface area contributed by atoms with E-state index in [-0.39, 0.29) is 134 Å². The Labute approximate surface area is 305 Å². The fourth-order valence-corrected chi connectivity index (χ4v) is 4.46. The van der Waals surface area contributed by atoms with Crippen LogP contribution in [0.1, 0.15) is 70.6 Å². The second kappa shape index (κ2) is 31.2. The smallest absolute Gasteiger partial charge is 0.326 e. The number of alkyl halides is 1. The van der Waals surface area contributed by atoms with E-state index in [1.165, 1.54) is 0 Å². The van der Waals surface area contributed by atoms with E-state index >= 15 is 0 Å². The molecule has 18 nitrogen and oxygen atoms in total. The van der Waals surface area contributed by atoms with Crippen molar-refractivity contribution in [2.75, 3.05) is 71.3 Å². The van der Waals surface area contributed by atoms with E-state index < -0.39 is 41.7 Å². The van der Waals surface area contributed by atoms with Crippen LogP contribution in [0.3, 0.4) is 0 Å². The summed E-state index contributed by atoms with van der Waals surface area (Å²) in [6.45, 7) is 1.24. The van der Waals surface area contributed by atoms with Crippen LogP contribution in [0, 0.1) is 5.92 Å². The highest BCUT2D eigenvalue weighted by Gasteiger charge is 2.22. The van der Waals surface area contributed by atoms with Crippen molar-refractivity contribution >= 4 is 63.1 Å². The van der Waals surface area contributed by atoms with Crippen molar-refractivity contribution in [2.45, 2.75) is 76.7 Å². The Hall–Kier alpha value is -3.52. The minimum Gasteiger partial charge on any atom is -0.481 e. The molecule has 292 valence electrons. The first-order valence-electron chi connectivity index (χ1n) is 16.8. The second-order valence-corrected chi connectivity index (χ2v) is 11.9. The van der Waals surface area contributed by atoms with Gasteiger partial charge in [-0.2, -0.15) is 0 Å². The number of hydrogen-bond acceptors (Lipinski definition) is 12. The number of ketones is 2. The lowest BCUT2D eigenvalue weighted by atomic mass is 9.95. The highest BCUT2D eigenvalue weighted by atomic mass is 79.9. The summed E-state index contributed by atoms with van der Waals surface area (Å²) in [7, 11) is 0. The summed E-state index contributed by atoms with van der Waals surface area (Å²) in [5.41, 5.74) is 0.